The third kappa shape index (κ3) is 3.29. The molecule has 0 bridgehead atoms. The molecule has 0 atom stereocenters. The molecule has 0 spiro atoms. The molecule has 0 fully saturated rings. The van der Waals surface area contributed by atoms with Crippen molar-refractivity contribution >= 4 is 16.9 Å². The number of rotatable bonds is 4. The van der Waals surface area contributed by atoms with Gasteiger partial charge in [0.15, 0.2) is 11.5 Å². The van der Waals surface area contributed by atoms with Crippen molar-refractivity contribution in [2.24, 2.45) is 0 Å². The molecule has 0 amide bonds. The number of aromatic nitrogens is 1. The van der Waals surface area contributed by atoms with Gasteiger partial charge in [-0.25, -0.2) is 0 Å². The molecule has 140 valence electrons. The van der Waals surface area contributed by atoms with Gasteiger partial charge in [0.05, 0.1) is 9.75 Å². The molecule has 28 heavy (non-hydrogen) atoms. The van der Waals surface area contributed by atoms with Crippen LogP contribution in [0.25, 0.3) is 16.0 Å². The highest BCUT2D eigenvalue weighted by Gasteiger charge is 2.27. The van der Waals surface area contributed by atoms with Crippen LogP contribution in [0.5, 0.6) is 11.5 Å². The quantitative estimate of drug-likeness (QED) is 0.630. The lowest BCUT2D eigenvalue weighted by atomic mass is 10.1. The lowest BCUT2D eigenvalue weighted by Crippen LogP contribution is -2.19. The van der Waals surface area contributed by atoms with Crippen LogP contribution in [-0.4, -0.2) is 29.6 Å². The standard InChI is InChI=1S/C23H20N2O2S/c1-2-4-17(5-3-1)16-25-12-8-19(9-13-25)23-21-20(26-14-15-27-21)22(28-23)18-6-10-24-11-7-18/h1-12H,13-16H2. The molecule has 5 heteroatoms. The number of hydrogen-bond acceptors (Lipinski definition) is 5. The van der Waals surface area contributed by atoms with Gasteiger partial charge in [0.25, 0.3) is 0 Å². The normalized spacial score (nSPS) is 15.4. The zero-order chi connectivity index (χ0) is 18.8. The Balaban J connectivity index is 1.43. The fourth-order valence-corrected chi connectivity index (χ4v) is 4.68. The van der Waals surface area contributed by atoms with Crippen molar-refractivity contribution in [2.45, 2.75) is 6.54 Å². The molecular formula is C23H20N2O2S. The number of nitrogens with zero attached hydrogens (tertiary/aromatic N) is 2. The number of benzene rings is 1. The number of fused-ring (bicyclic) bond motifs is 1. The molecule has 0 saturated heterocycles. The Bertz CT molecular complexity index is 1030. The maximum Gasteiger partial charge on any atom is 0.180 e. The van der Waals surface area contributed by atoms with Gasteiger partial charge < -0.3 is 14.4 Å². The van der Waals surface area contributed by atoms with Crippen LogP contribution in [0.4, 0.5) is 0 Å². The van der Waals surface area contributed by atoms with Crippen LogP contribution >= 0.6 is 11.3 Å². The summed E-state index contributed by atoms with van der Waals surface area (Å²) in [6.45, 7) is 2.95. The molecule has 0 unspecified atom stereocenters. The number of ether oxygens (including phenoxy) is 2. The van der Waals surface area contributed by atoms with Gasteiger partial charge in [-0.15, -0.1) is 11.3 Å². The van der Waals surface area contributed by atoms with Gasteiger partial charge in [0, 0.05) is 31.7 Å². The van der Waals surface area contributed by atoms with Crippen molar-refractivity contribution in [1.82, 2.24) is 9.88 Å². The smallest absolute Gasteiger partial charge is 0.180 e. The first-order valence-corrected chi connectivity index (χ1v) is 10.2. The van der Waals surface area contributed by atoms with Gasteiger partial charge in [0.2, 0.25) is 0 Å². The fraction of sp³-hybridized carbons (Fsp3) is 0.174. The average molecular weight is 388 g/mol. The molecule has 1 aromatic carbocycles. The molecule has 0 saturated carbocycles. The van der Waals surface area contributed by atoms with E-state index in [1.165, 1.54) is 11.1 Å². The highest BCUT2D eigenvalue weighted by atomic mass is 32.1. The monoisotopic (exact) mass is 388 g/mol. The molecule has 2 aliphatic rings. The number of hydrogen-bond donors (Lipinski definition) is 0. The first-order valence-electron chi connectivity index (χ1n) is 9.38. The summed E-state index contributed by atoms with van der Waals surface area (Å²) in [5.74, 6) is 1.73. The van der Waals surface area contributed by atoms with Crippen molar-refractivity contribution in [3.05, 3.63) is 83.7 Å². The molecule has 5 rings (SSSR count). The molecule has 3 aromatic rings. The van der Waals surface area contributed by atoms with E-state index >= 15 is 0 Å². The van der Waals surface area contributed by atoms with Crippen LogP contribution in [0.3, 0.4) is 0 Å². The minimum atomic E-state index is 0.584. The number of pyridine rings is 1. The van der Waals surface area contributed by atoms with Crippen LogP contribution in [0, 0.1) is 0 Å². The molecule has 4 nitrogen and oxygen atoms in total. The molecule has 0 radical (unpaired) electrons. The zero-order valence-corrected chi connectivity index (χ0v) is 16.2. The van der Waals surface area contributed by atoms with Crippen LogP contribution in [0.2, 0.25) is 0 Å². The molecule has 0 N–H and O–H groups in total. The van der Waals surface area contributed by atoms with E-state index < -0.39 is 0 Å². The Morgan fingerprint density at radius 2 is 1.68 bits per heavy atom. The lowest BCUT2D eigenvalue weighted by Gasteiger charge is -2.23. The summed E-state index contributed by atoms with van der Waals surface area (Å²) < 4.78 is 12.0. The lowest BCUT2D eigenvalue weighted by molar-refractivity contribution is 0.174. The second-order valence-electron chi connectivity index (χ2n) is 6.74. The van der Waals surface area contributed by atoms with Crippen LogP contribution in [-0.2, 0) is 6.54 Å². The summed E-state index contributed by atoms with van der Waals surface area (Å²) in [6.07, 6.45) is 10.2. The van der Waals surface area contributed by atoms with Crippen molar-refractivity contribution in [2.75, 3.05) is 19.8 Å². The topological polar surface area (TPSA) is 34.6 Å². The molecule has 2 aliphatic heterocycles. The summed E-state index contributed by atoms with van der Waals surface area (Å²) in [4.78, 5) is 8.67. The van der Waals surface area contributed by atoms with E-state index in [9.17, 15) is 0 Å². The van der Waals surface area contributed by atoms with E-state index in [0.717, 1.165) is 39.9 Å². The Morgan fingerprint density at radius 3 is 2.39 bits per heavy atom. The third-order valence-electron chi connectivity index (χ3n) is 4.84. The number of thiophene rings is 1. The highest BCUT2D eigenvalue weighted by molar-refractivity contribution is 7.17. The summed E-state index contributed by atoms with van der Waals surface area (Å²) in [5.41, 5.74) is 3.62. The van der Waals surface area contributed by atoms with Crippen LogP contribution < -0.4 is 9.47 Å². The second-order valence-corrected chi connectivity index (χ2v) is 7.76. The first kappa shape index (κ1) is 17.1. The maximum atomic E-state index is 6.01. The highest BCUT2D eigenvalue weighted by Crippen LogP contribution is 2.52. The predicted molar refractivity (Wildman–Crippen MR) is 113 cm³/mol. The Morgan fingerprint density at radius 1 is 0.929 bits per heavy atom. The zero-order valence-electron chi connectivity index (χ0n) is 15.4. The number of allylic oxidation sites excluding steroid dienone is 2. The van der Waals surface area contributed by atoms with Gasteiger partial charge in [-0.3, -0.25) is 4.98 Å². The summed E-state index contributed by atoms with van der Waals surface area (Å²) in [5, 5.41) is 0. The Labute approximate surface area is 168 Å². The molecule has 4 heterocycles. The third-order valence-corrected chi connectivity index (χ3v) is 6.09. The predicted octanol–water partition coefficient (Wildman–Crippen LogP) is 4.99. The van der Waals surface area contributed by atoms with Crippen molar-refractivity contribution in [3.63, 3.8) is 0 Å². The fourth-order valence-electron chi connectivity index (χ4n) is 3.47. The van der Waals surface area contributed by atoms with Gasteiger partial charge in [-0.2, -0.15) is 0 Å². The van der Waals surface area contributed by atoms with Gasteiger partial charge in [-0.1, -0.05) is 36.4 Å². The van der Waals surface area contributed by atoms with E-state index in [1.54, 1.807) is 11.3 Å². The Kier molecular flexibility index (Phi) is 4.59. The average Bonchev–Trinajstić information content (AvgIpc) is 3.15. The van der Waals surface area contributed by atoms with Crippen LogP contribution in [0.1, 0.15) is 10.4 Å². The minimum Gasteiger partial charge on any atom is -0.485 e. The Hall–Kier alpha value is -3.05. The summed E-state index contributed by atoms with van der Waals surface area (Å²) in [7, 11) is 0. The maximum absolute atomic E-state index is 6.01. The van der Waals surface area contributed by atoms with E-state index in [4.69, 9.17) is 9.47 Å². The minimum absolute atomic E-state index is 0.584. The SMILES string of the molecule is C1=CN(Cc2ccccc2)CC=C1c1sc(-c2ccncc2)c2c1OCCO2. The summed E-state index contributed by atoms with van der Waals surface area (Å²) >= 11 is 1.72. The van der Waals surface area contributed by atoms with Crippen molar-refractivity contribution < 1.29 is 9.47 Å². The molecule has 0 aliphatic carbocycles. The van der Waals surface area contributed by atoms with Gasteiger partial charge >= 0.3 is 0 Å². The van der Waals surface area contributed by atoms with E-state index in [2.05, 4.69) is 58.6 Å². The van der Waals surface area contributed by atoms with E-state index in [-0.39, 0.29) is 0 Å². The van der Waals surface area contributed by atoms with E-state index in [1.807, 2.05) is 24.5 Å². The largest absolute Gasteiger partial charge is 0.485 e. The van der Waals surface area contributed by atoms with Gasteiger partial charge in [-0.05, 0) is 34.9 Å². The van der Waals surface area contributed by atoms with Crippen molar-refractivity contribution in [1.29, 1.82) is 0 Å². The first-order chi connectivity index (χ1) is 13.9. The van der Waals surface area contributed by atoms with E-state index in [0.29, 0.717) is 13.2 Å². The second kappa shape index (κ2) is 7.52. The van der Waals surface area contributed by atoms with Gasteiger partial charge in [0.1, 0.15) is 13.2 Å². The van der Waals surface area contributed by atoms with Crippen LogP contribution in [0.15, 0.2) is 73.2 Å². The summed E-state index contributed by atoms with van der Waals surface area (Å²) in [6, 6.07) is 14.6. The van der Waals surface area contributed by atoms with Crippen molar-refractivity contribution in [3.8, 4) is 21.9 Å². The molecular weight excluding hydrogens is 368 g/mol. The molecule has 2 aromatic heterocycles.